The molecule has 0 radical (unpaired) electrons. The van der Waals surface area contributed by atoms with Gasteiger partial charge in [0, 0.05) is 15.5 Å². The van der Waals surface area contributed by atoms with E-state index in [9.17, 15) is 4.79 Å². The van der Waals surface area contributed by atoms with Gasteiger partial charge in [-0.1, -0.05) is 28.1 Å². The molecule has 0 atom stereocenters. The number of nitrogens with zero attached hydrogens (tertiary/aromatic N) is 2. The normalized spacial score (nSPS) is 10.8. The molecule has 0 aliphatic carbocycles. The predicted octanol–water partition coefficient (Wildman–Crippen LogP) is 2.91. The van der Waals surface area contributed by atoms with Crippen molar-refractivity contribution in [3.63, 3.8) is 0 Å². The standard InChI is InChI=1S/C13H12BrN3OS/c1-9-8-19-13(16-9)6-12(18)17-15-7-10-2-4-11(14)5-3-10/h2-5,7-8H,6H2,1H3,(H,17,18)/b15-7-. The van der Waals surface area contributed by atoms with Crippen molar-refractivity contribution in [2.24, 2.45) is 5.10 Å². The maximum absolute atomic E-state index is 11.6. The molecule has 1 amide bonds. The fraction of sp³-hybridized carbons (Fsp3) is 0.154. The molecule has 0 aliphatic rings. The molecule has 0 fully saturated rings. The summed E-state index contributed by atoms with van der Waals surface area (Å²) in [4.78, 5) is 15.8. The average molecular weight is 338 g/mol. The van der Waals surface area contributed by atoms with Crippen molar-refractivity contribution in [2.75, 3.05) is 0 Å². The summed E-state index contributed by atoms with van der Waals surface area (Å²) in [5.41, 5.74) is 4.35. The average Bonchev–Trinajstić information content (AvgIpc) is 2.77. The molecule has 2 aromatic rings. The van der Waals surface area contributed by atoms with Crippen LogP contribution in [0.3, 0.4) is 0 Å². The van der Waals surface area contributed by atoms with Gasteiger partial charge in [-0.05, 0) is 24.6 Å². The van der Waals surface area contributed by atoms with E-state index in [-0.39, 0.29) is 12.3 Å². The first-order valence-electron chi connectivity index (χ1n) is 5.62. The summed E-state index contributed by atoms with van der Waals surface area (Å²) in [6.07, 6.45) is 1.87. The number of thiazole rings is 1. The van der Waals surface area contributed by atoms with Crippen LogP contribution < -0.4 is 5.43 Å². The zero-order chi connectivity index (χ0) is 13.7. The molecule has 0 spiro atoms. The number of hydrogen-bond donors (Lipinski definition) is 1. The molecule has 1 heterocycles. The second-order valence-electron chi connectivity index (χ2n) is 3.90. The fourth-order valence-electron chi connectivity index (χ4n) is 1.39. The quantitative estimate of drug-likeness (QED) is 0.688. The number of rotatable bonds is 4. The van der Waals surface area contributed by atoms with Gasteiger partial charge < -0.3 is 0 Å². The van der Waals surface area contributed by atoms with Gasteiger partial charge in [-0.25, -0.2) is 10.4 Å². The van der Waals surface area contributed by atoms with Gasteiger partial charge in [0.25, 0.3) is 0 Å². The highest BCUT2D eigenvalue weighted by atomic mass is 79.9. The number of aryl methyl sites for hydroxylation is 1. The zero-order valence-electron chi connectivity index (χ0n) is 10.3. The van der Waals surface area contributed by atoms with Crippen molar-refractivity contribution in [3.05, 3.63) is 50.4 Å². The monoisotopic (exact) mass is 337 g/mol. The summed E-state index contributed by atoms with van der Waals surface area (Å²) < 4.78 is 1.01. The number of aromatic nitrogens is 1. The summed E-state index contributed by atoms with van der Waals surface area (Å²) >= 11 is 4.84. The van der Waals surface area contributed by atoms with E-state index in [2.05, 4.69) is 31.4 Å². The van der Waals surface area contributed by atoms with Crippen molar-refractivity contribution in [1.29, 1.82) is 0 Å². The van der Waals surface area contributed by atoms with Gasteiger partial charge in [-0.3, -0.25) is 4.79 Å². The molecule has 0 bridgehead atoms. The molecule has 4 nitrogen and oxygen atoms in total. The van der Waals surface area contributed by atoms with E-state index in [1.54, 1.807) is 6.21 Å². The van der Waals surface area contributed by atoms with Crippen LogP contribution in [0.1, 0.15) is 16.3 Å². The van der Waals surface area contributed by atoms with E-state index in [0.717, 1.165) is 20.7 Å². The van der Waals surface area contributed by atoms with E-state index < -0.39 is 0 Å². The predicted molar refractivity (Wildman–Crippen MR) is 80.4 cm³/mol. The van der Waals surface area contributed by atoms with Crippen LogP contribution in [0.5, 0.6) is 0 Å². The first-order chi connectivity index (χ1) is 9.13. The SMILES string of the molecule is Cc1csc(CC(=O)N/N=C\c2ccc(Br)cc2)n1. The topological polar surface area (TPSA) is 54.4 Å². The van der Waals surface area contributed by atoms with Crippen molar-refractivity contribution < 1.29 is 4.79 Å². The van der Waals surface area contributed by atoms with E-state index in [4.69, 9.17) is 0 Å². The Morgan fingerprint density at radius 2 is 2.21 bits per heavy atom. The van der Waals surface area contributed by atoms with Gasteiger partial charge in [0.1, 0.15) is 5.01 Å². The number of benzene rings is 1. The third-order valence-corrected chi connectivity index (χ3v) is 3.75. The second-order valence-corrected chi connectivity index (χ2v) is 5.76. The third kappa shape index (κ3) is 4.57. The van der Waals surface area contributed by atoms with E-state index in [1.807, 2.05) is 36.6 Å². The highest BCUT2D eigenvalue weighted by Crippen LogP contribution is 2.09. The Hall–Kier alpha value is -1.53. The number of carbonyl (C=O) groups is 1. The maximum atomic E-state index is 11.6. The van der Waals surface area contributed by atoms with Crippen LogP contribution in [0.25, 0.3) is 0 Å². The molecule has 0 saturated carbocycles. The molecule has 1 aromatic heterocycles. The van der Waals surface area contributed by atoms with Crippen LogP contribution in [-0.2, 0) is 11.2 Å². The Labute approximate surface area is 123 Å². The minimum Gasteiger partial charge on any atom is -0.273 e. The maximum Gasteiger partial charge on any atom is 0.246 e. The molecule has 2 rings (SSSR count). The highest BCUT2D eigenvalue weighted by Gasteiger charge is 2.05. The summed E-state index contributed by atoms with van der Waals surface area (Å²) in [7, 11) is 0. The number of amides is 1. The molecule has 0 aliphatic heterocycles. The summed E-state index contributed by atoms with van der Waals surface area (Å²) in [5, 5.41) is 6.64. The van der Waals surface area contributed by atoms with Gasteiger partial charge in [-0.15, -0.1) is 11.3 Å². The van der Waals surface area contributed by atoms with Crippen LogP contribution in [0.4, 0.5) is 0 Å². The van der Waals surface area contributed by atoms with Crippen LogP contribution in [0.2, 0.25) is 0 Å². The lowest BCUT2D eigenvalue weighted by Crippen LogP contribution is -2.19. The highest BCUT2D eigenvalue weighted by molar-refractivity contribution is 9.10. The Morgan fingerprint density at radius 1 is 1.47 bits per heavy atom. The molecule has 6 heteroatoms. The van der Waals surface area contributed by atoms with Gasteiger partial charge in [-0.2, -0.15) is 5.10 Å². The summed E-state index contributed by atoms with van der Waals surface area (Å²) in [5.74, 6) is -0.164. The molecule has 98 valence electrons. The number of hydrogen-bond acceptors (Lipinski definition) is 4. The molecular formula is C13H12BrN3OS. The van der Waals surface area contributed by atoms with Crippen LogP contribution >= 0.6 is 27.3 Å². The number of carbonyl (C=O) groups excluding carboxylic acids is 1. The Kier molecular flexibility index (Phi) is 4.81. The van der Waals surface area contributed by atoms with E-state index in [0.29, 0.717) is 0 Å². The lowest BCUT2D eigenvalue weighted by atomic mass is 10.2. The smallest absolute Gasteiger partial charge is 0.246 e. The van der Waals surface area contributed by atoms with E-state index in [1.165, 1.54) is 11.3 Å². The van der Waals surface area contributed by atoms with Crippen molar-refractivity contribution in [3.8, 4) is 0 Å². The summed E-state index contributed by atoms with van der Waals surface area (Å²) in [6.45, 7) is 1.91. The fourth-order valence-corrected chi connectivity index (χ4v) is 2.42. The largest absolute Gasteiger partial charge is 0.273 e. The lowest BCUT2D eigenvalue weighted by molar-refractivity contribution is -0.120. The Bertz CT molecular complexity index is 592. The number of halogens is 1. The summed E-state index contributed by atoms with van der Waals surface area (Å²) in [6, 6.07) is 7.65. The Balaban J connectivity index is 1.84. The minimum atomic E-state index is -0.164. The minimum absolute atomic E-state index is 0.164. The first kappa shape index (κ1) is 13.9. The Morgan fingerprint density at radius 3 is 2.84 bits per heavy atom. The number of hydrazone groups is 1. The number of nitrogens with one attached hydrogen (secondary N) is 1. The third-order valence-electron chi connectivity index (χ3n) is 2.25. The van der Waals surface area contributed by atoms with Gasteiger partial charge in [0.2, 0.25) is 5.91 Å². The molecular weight excluding hydrogens is 326 g/mol. The lowest BCUT2D eigenvalue weighted by Gasteiger charge is -1.97. The van der Waals surface area contributed by atoms with Gasteiger partial charge in [0.05, 0.1) is 12.6 Å². The van der Waals surface area contributed by atoms with Crippen LogP contribution in [0, 0.1) is 6.92 Å². The van der Waals surface area contributed by atoms with Gasteiger partial charge >= 0.3 is 0 Å². The first-order valence-corrected chi connectivity index (χ1v) is 7.29. The second kappa shape index (κ2) is 6.58. The molecule has 0 saturated heterocycles. The van der Waals surface area contributed by atoms with Crippen molar-refractivity contribution >= 4 is 39.4 Å². The van der Waals surface area contributed by atoms with E-state index >= 15 is 0 Å². The molecule has 1 aromatic carbocycles. The zero-order valence-corrected chi connectivity index (χ0v) is 12.7. The molecule has 0 unspecified atom stereocenters. The van der Waals surface area contributed by atoms with Crippen molar-refractivity contribution in [2.45, 2.75) is 13.3 Å². The van der Waals surface area contributed by atoms with Crippen LogP contribution in [0.15, 0.2) is 39.2 Å². The molecule has 1 N–H and O–H groups in total. The van der Waals surface area contributed by atoms with Crippen LogP contribution in [-0.4, -0.2) is 17.1 Å². The molecule has 19 heavy (non-hydrogen) atoms. The van der Waals surface area contributed by atoms with Gasteiger partial charge in [0.15, 0.2) is 0 Å². The van der Waals surface area contributed by atoms with Crippen molar-refractivity contribution in [1.82, 2.24) is 10.4 Å².